The van der Waals surface area contributed by atoms with Gasteiger partial charge in [-0.25, -0.2) is 0 Å². The number of nitrogens with zero attached hydrogens (tertiary/aromatic N) is 1. The number of amides is 1. The predicted molar refractivity (Wildman–Crippen MR) is 83.0 cm³/mol. The summed E-state index contributed by atoms with van der Waals surface area (Å²) in [5, 5.41) is 17.8. The lowest BCUT2D eigenvalue weighted by Crippen LogP contribution is -2.34. The molecule has 0 saturated heterocycles. The Hall–Kier alpha value is -1.83. The highest BCUT2D eigenvalue weighted by Crippen LogP contribution is 2.13. The van der Waals surface area contributed by atoms with Gasteiger partial charge in [0, 0.05) is 30.6 Å². The van der Waals surface area contributed by atoms with E-state index in [1.165, 1.54) is 0 Å². The van der Waals surface area contributed by atoms with Gasteiger partial charge in [-0.3, -0.25) is 4.79 Å². The molecule has 0 bridgehead atoms. The summed E-state index contributed by atoms with van der Waals surface area (Å²) in [4.78, 5) is 14.1. The SMILES string of the molecule is CCCN(CCO)C(=O)c1ccc(C#CCCO)c(C)c1. The standard InChI is InChI=1S/C17H23NO3/c1-3-9-18(10-12-20)17(21)16-8-7-15(14(2)13-16)6-4-5-11-19/h7-8,13,19-20H,3,5,9-12H2,1-2H3. The van der Waals surface area contributed by atoms with Crippen molar-refractivity contribution >= 4 is 5.91 Å². The molecule has 114 valence electrons. The van der Waals surface area contributed by atoms with Gasteiger partial charge in [-0.1, -0.05) is 18.8 Å². The van der Waals surface area contributed by atoms with Crippen LogP contribution < -0.4 is 0 Å². The van der Waals surface area contributed by atoms with Gasteiger partial charge in [0.15, 0.2) is 0 Å². The lowest BCUT2D eigenvalue weighted by Gasteiger charge is -2.21. The van der Waals surface area contributed by atoms with Gasteiger partial charge in [-0.15, -0.1) is 0 Å². The summed E-state index contributed by atoms with van der Waals surface area (Å²) < 4.78 is 0. The van der Waals surface area contributed by atoms with Crippen LogP contribution in [0.1, 0.15) is 41.3 Å². The van der Waals surface area contributed by atoms with Crippen LogP contribution in [0.5, 0.6) is 0 Å². The van der Waals surface area contributed by atoms with Crippen molar-refractivity contribution in [2.75, 3.05) is 26.3 Å². The second kappa shape index (κ2) is 9.17. The summed E-state index contributed by atoms with van der Waals surface area (Å²) in [6.07, 6.45) is 1.30. The van der Waals surface area contributed by atoms with E-state index in [0.717, 1.165) is 17.5 Å². The van der Waals surface area contributed by atoms with Gasteiger partial charge < -0.3 is 15.1 Å². The molecule has 1 aromatic rings. The van der Waals surface area contributed by atoms with Gasteiger partial charge in [0.2, 0.25) is 0 Å². The van der Waals surface area contributed by atoms with Crippen LogP contribution in [0.2, 0.25) is 0 Å². The first kappa shape index (κ1) is 17.2. The van der Waals surface area contributed by atoms with Crippen molar-refractivity contribution in [2.24, 2.45) is 0 Å². The van der Waals surface area contributed by atoms with Crippen LogP contribution in [0.25, 0.3) is 0 Å². The van der Waals surface area contributed by atoms with Crippen molar-refractivity contribution in [3.05, 3.63) is 34.9 Å². The molecule has 1 aromatic carbocycles. The zero-order valence-corrected chi connectivity index (χ0v) is 12.7. The Kier molecular flexibility index (Phi) is 7.52. The van der Waals surface area contributed by atoms with E-state index in [9.17, 15) is 4.79 Å². The van der Waals surface area contributed by atoms with Gasteiger partial charge >= 0.3 is 0 Å². The minimum Gasteiger partial charge on any atom is -0.395 e. The van der Waals surface area contributed by atoms with E-state index in [2.05, 4.69) is 11.8 Å². The van der Waals surface area contributed by atoms with E-state index in [-0.39, 0.29) is 19.1 Å². The first-order chi connectivity index (χ1) is 10.1. The third-order valence-electron chi connectivity index (χ3n) is 3.08. The number of aliphatic hydroxyl groups is 2. The monoisotopic (exact) mass is 289 g/mol. The molecule has 0 spiro atoms. The van der Waals surface area contributed by atoms with Crippen LogP contribution in [-0.2, 0) is 0 Å². The molecule has 1 amide bonds. The number of carbonyl (C=O) groups is 1. The Balaban J connectivity index is 2.91. The van der Waals surface area contributed by atoms with Crippen molar-refractivity contribution in [2.45, 2.75) is 26.7 Å². The van der Waals surface area contributed by atoms with Crippen LogP contribution in [-0.4, -0.2) is 47.3 Å². The Morgan fingerprint density at radius 2 is 2.00 bits per heavy atom. The Labute approximate surface area is 126 Å². The molecule has 0 aromatic heterocycles. The Bertz CT molecular complexity index is 523. The van der Waals surface area contributed by atoms with Crippen molar-refractivity contribution in [3.63, 3.8) is 0 Å². The van der Waals surface area contributed by atoms with E-state index in [1.54, 1.807) is 11.0 Å². The number of aliphatic hydroxyl groups excluding tert-OH is 2. The van der Waals surface area contributed by atoms with Crippen LogP contribution in [0.15, 0.2) is 18.2 Å². The summed E-state index contributed by atoms with van der Waals surface area (Å²) in [5.41, 5.74) is 2.41. The molecule has 0 aliphatic carbocycles. The largest absolute Gasteiger partial charge is 0.395 e. The van der Waals surface area contributed by atoms with Gasteiger partial charge in [-0.05, 0) is 37.1 Å². The molecule has 0 unspecified atom stereocenters. The van der Waals surface area contributed by atoms with Crippen molar-refractivity contribution in [3.8, 4) is 11.8 Å². The van der Waals surface area contributed by atoms with Crippen molar-refractivity contribution in [1.29, 1.82) is 0 Å². The number of rotatable bonds is 6. The normalized spacial score (nSPS) is 9.90. The highest BCUT2D eigenvalue weighted by atomic mass is 16.3. The van der Waals surface area contributed by atoms with Gasteiger partial charge in [-0.2, -0.15) is 0 Å². The topological polar surface area (TPSA) is 60.8 Å². The maximum Gasteiger partial charge on any atom is 0.253 e. The van der Waals surface area contributed by atoms with Gasteiger partial charge in [0.05, 0.1) is 13.2 Å². The maximum atomic E-state index is 12.4. The van der Waals surface area contributed by atoms with E-state index < -0.39 is 0 Å². The number of hydrogen-bond donors (Lipinski definition) is 2. The maximum absolute atomic E-state index is 12.4. The fourth-order valence-corrected chi connectivity index (χ4v) is 2.04. The lowest BCUT2D eigenvalue weighted by atomic mass is 10.0. The highest BCUT2D eigenvalue weighted by Gasteiger charge is 2.15. The van der Waals surface area contributed by atoms with Crippen LogP contribution >= 0.6 is 0 Å². The smallest absolute Gasteiger partial charge is 0.253 e. The summed E-state index contributed by atoms with van der Waals surface area (Å²) in [6.45, 7) is 4.92. The molecular weight excluding hydrogens is 266 g/mol. The minimum atomic E-state index is -0.0659. The summed E-state index contributed by atoms with van der Waals surface area (Å²) in [7, 11) is 0. The van der Waals surface area contributed by atoms with Crippen LogP contribution in [0.4, 0.5) is 0 Å². The predicted octanol–water partition coefficient (Wildman–Crippen LogP) is 1.57. The van der Waals surface area contributed by atoms with Gasteiger partial charge in [0.1, 0.15) is 0 Å². The molecular formula is C17H23NO3. The third kappa shape index (κ3) is 5.22. The van der Waals surface area contributed by atoms with Crippen molar-refractivity contribution in [1.82, 2.24) is 4.90 Å². The first-order valence-electron chi connectivity index (χ1n) is 7.24. The summed E-state index contributed by atoms with van der Waals surface area (Å²) in [6, 6.07) is 5.42. The number of aryl methyl sites for hydroxylation is 1. The zero-order valence-electron chi connectivity index (χ0n) is 12.7. The fourth-order valence-electron chi connectivity index (χ4n) is 2.04. The van der Waals surface area contributed by atoms with E-state index in [1.807, 2.05) is 26.0 Å². The average Bonchev–Trinajstić information content (AvgIpc) is 2.48. The Morgan fingerprint density at radius 3 is 2.57 bits per heavy atom. The number of hydrogen-bond acceptors (Lipinski definition) is 3. The number of benzene rings is 1. The fraction of sp³-hybridized carbons (Fsp3) is 0.471. The molecule has 21 heavy (non-hydrogen) atoms. The minimum absolute atomic E-state index is 0.0323. The summed E-state index contributed by atoms with van der Waals surface area (Å²) in [5.74, 6) is 5.79. The Morgan fingerprint density at radius 1 is 1.24 bits per heavy atom. The number of carbonyl (C=O) groups excluding carboxylic acids is 1. The van der Waals surface area contributed by atoms with E-state index >= 15 is 0 Å². The van der Waals surface area contributed by atoms with E-state index in [4.69, 9.17) is 10.2 Å². The molecule has 1 rings (SSSR count). The second-order valence-electron chi connectivity index (χ2n) is 4.82. The summed E-state index contributed by atoms with van der Waals surface area (Å²) >= 11 is 0. The van der Waals surface area contributed by atoms with Crippen LogP contribution in [0, 0.1) is 18.8 Å². The van der Waals surface area contributed by atoms with Gasteiger partial charge in [0.25, 0.3) is 5.91 Å². The van der Waals surface area contributed by atoms with E-state index in [0.29, 0.717) is 25.1 Å². The second-order valence-corrected chi connectivity index (χ2v) is 4.82. The third-order valence-corrected chi connectivity index (χ3v) is 3.08. The lowest BCUT2D eigenvalue weighted by molar-refractivity contribution is 0.0722. The molecule has 0 saturated carbocycles. The molecule has 2 N–H and O–H groups in total. The zero-order chi connectivity index (χ0) is 15.7. The van der Waals surface area contributed by atoms with Crippen molar-refractivity contribution < 1.29 is 15.0 Å². The molecule has 4 nitrogen and oxygen atoms in total. The molecule has 0 atom stereocenters. The first-order valence-corrected chi connectivity index (χ1v) is 7.24. The average molecular weight is 289 g/mol. The quantitative estimate of drug-likeness (QED) is 0.782. The molecule has 0 aliphatic rings. The molecule has 0 radical (unpaired) electrons. The van der Waals surface area contributed by atoms with Crippen LogP contribution in [0.3, 0.4) is 0 Å². The highest BCUT2D eigenvalue weighted by molar-refractivity contribution is 5.94. The molecule has 0 heterocycles. The molecule has 0 aliphatic heterocycles. The molecule has 4 heteroatoms. The molecule has 0 fully saturated rings.